The maximum absolute atomic E-state index is 2.63. The molecule has 2 fully saturated rings. The summed E-state index contributed by atoms with van der Waals surface area (Å²) in [5, 5.41) is 0. The van der Waals surface area contributed by atoms with Gasteiger partial charge >= 0.3 is 0 Å². The number of hydrogen-bond donors (Lipinski definition) is 0. The van der Waals surface area contributed by atoms with Gasteiger partial charge in [-0.05, 0) is 97.6 Å². The second kappa shape index (κ2) is 7.85. The molecule has 0 heterocycles. The van der Waals surface area contributed by atoms with E-state index in [1.807, 2.05) is 0 Å². The number of hydrogen-bond acceptors (Lipinski definition) is 0. The van der Waals surface area contributed by atoms with Crippen molar-refractivity contribution in [2.75, 3.05) is 0 Å². The Balaban J connectivity index is 1.42. The van der Waals surface area contributed by atoms with Crippen LogP contribution in [0.15, 0.2) is 18.2 Å². The Kier molecular flexibility index (Phi) is 5.53. The van der Waals surface area contributed by atoms with Crippen LogP contribution >= 0.6 is 0 Å². The van der Waals surface area contributed by atoms with Crippen molar-refractivity contribution in [2.24, 2.45) is 23.7 Å². The molecule has 3 aliphatic rings. The molecule has 25 heavy (non-hydrogen) atoms. The largest absolute Gasteiger partial charge is 0.0654 e. The van der Waals surface area contributed by atoms with Crippen LogP contribution in [-0.4, -0.2) is 0 Å². The van der Waals surface area contributed by atoms with Crippen molar-refractivity contribution >= 4 is 0 Å². The molecular weight excluding hydrogens is 300 g/mol. The normalized spacial score (nSPS) is 35.0. The predicted octanol–water partition coefficient (Wildman–Crippen LogP) is 7.30. The zero-order valence-electron chi connectivity index (χ0n) is 16.6. The minimum Gasteiger partial charge on any atom is -0.0654 e. The third-order valence-corrected chi connectivity index (χ3v) is 8.03. The highest BCUT2D eigenvalue weighted by Crippen LogP contribution is 2.48. The van der Waals surface area contributed by atoms with Crippen molar-refractivity contribution in [3.63, 3.8) is 0 Å². The van der Waals surface area contributed by atoms with Gasteiger partial charge in [0.2, 0.25) is 0 Å². The molecule has 5 atom stereocenters. The molecule has 0 nitrogen and oxygen atoms in total. The molecular formula is C25H38. The van der Waals surface area contributed by atoms with Crippen molar-refractivity contribution in [3.8, 4) is 0 Å². The lowest BCUT2D eigenvalue weighted by Gasteiger charge is -2.42. The highest BCUT2D eigenvalue weighted by atomic mass is 14.4. The van der Waals surface area contributed by atoms with E-state index in [4.69, 9.17) is 0 Å². The second-order valence-corrected chi connectivity index (χ2v) is 9.54. The fourth-order valence-electron chi connectivity index (χ4n) is 6.42. The first-order chi connectivity index (χ1) is 12.3. The molecule has 5 unspecified atom stereocenters. The molecule has 4 rings (SSSR count). The first-order valence-electron chi connectivity index (χ1n) is 11.4. The molecule has 0 aliphatic heterocycles. The second-order valence-electron chi connectivity index (χ2n) is 9.54. The van der Waals surface area contributed by atoms with E-state index in [-0.39, 0.29) is 0 Å². The summed E-state index contributed by atoms with van der Waals surface area (Å²) < 4.78 is 0. The molecule has 0 aromatic heterocycles. The van der Waals surface area contributed by atoms with Gasteiger partial charge < -0.3 is 0 Å². The van der Waals surface area contributed by atoms with Crippen LogP contribution in [0.5, 0.6) is 0 Å². The lowest BCUT2D eigenvalue weighted by Crippen LogP contribution is -2.30. The third-order valence-electron chi connectivity index (χ3n) is 8.03. The summed E-state index contributed by atoms with van der Waals surface area (Å²) in [6.07, 6.45) is 17.3. The lowest BCUT2D eigenvalue weighted by molar-refractivity contribution is 0.116. The zero-order chi connectivity index (χ0) is 17.2. The van der Waals surface area contributed by atoms with Gasteiger partial charge in [-0.1, -0.05) is 57.7 Å². The molecule has 0 amide bonds. The van der Waals surface area contributed by atoms with Gasteiger partial charge in [0.25, 0.3) is 0 Å². The summed E-state index contributed by atoms with van der Waals surface area (Å²) in [5.41, 5.74) is 5.05. The molecule has 1 aromatic carbocycles. The van der Waals surface area contributed by atoms with E-state index in [0.717, 1.165) is 29.6 Å². The molecule has 0 saturated heterocycles. The topological polar surface area (TPSA) is 0 Å². The number of rotatable bonds is 4. The average molecular weight is 339 g/mol. The summed E-state index contributed by atoms with van der Waals surface area (Å²) in [6.45, 7) is 4.73. The van der Waals surface area contributed by atoms with E-state index >= 15 is 0 Å². The number of benzene rings is 1. The minimum atomic E-state index is 0.859. The van der Waals surface area contributed by atoms with Crippen molar-refractivity contribution in [3.05, 3.63) is 34.9 Å². The van der Waals surface area contributed by atoms with E-state index in [2.05, 4.69) is 32.0 Å². The van der Waals surface area contributed by atoms with Crippen LogP contribution in [0.4, 0.5) is 0 Å². The van der Waals surface area contributed by atoms with Crippen LogP contribution in [0.25, 0.3) is 0 Å². The van der Waals surface area contributed by atoms with Crippen LogP contribution in [0.2, 0.25) is 0 Å². The smallest absolute Gasteiger partial charge is 0.0159 e. The van der Waals surface area contributed by atoms with Gasteiger partial charge in [-0.25, -0.2) is 0 Å². The molecule has 0 N–H and O–H groups in total. The Hall–Kier alpha value is -0.780. The average Bonchev–Trinajstić information content (AvgIpc) is 2.67. The van der Waals surface area contributed by atoms with Crippen molar-refractivity contribution in [2.45, 2.75) is 96.8 Å². The Morgan fingerprint density at radius 2 is 1.68 bits per heavy atom. The van der Waals surface area contributed by atoms with Crippen LogP contribution in [0, 0.1) is 23.7 Å². The molecule has 0 bridgehead atoms. The van der Waals surface area contributed by atoms with Gasteiger partial charge in [0.05, 0.1) is 0 Å². The van der Waals surface area contributed by atoms with Gasteiger partial charge in [-0.15, -0.1) is 0 Å². The quantitative estimate of drug-likeness (QED) is 0.540. The molecule has 0 heteroatoms. The number of fused-ring (bicyclic) bond motifs is 2. The number of aryl methyl sites for hydroxylation is 1. The Labute approximate surface area is 155 Å². The first-order valence-corrected chi connectivity index (χ1v) is 11.4. The molecule has 1 aromatic rings. The van der Waals surface area contributed by atoms with Crippen molar-refractivity contribution in [1.82, 2.24) is 0 Å². The summed E-state index contributed by atoms with van der Waals surface area (Å²) in [6, 6.07) is 7.64. The maximum atomic E-state index is 2.63. The van der Waals surface area contributed by atoms with Crippen molar-refractivity contribution < 1.29 is 0 Å². The molecule has 0 radical (unpaired) electrons. The van der Waals surface area contributed by atoms with Gasteiger partial charge in [0.1, 0.15) is 0 Å². The fourth-order valence-corrected chi connectivity index (χ4v) is 6.42. The zero-order valence-corrected chi connectivity index (χ0v) is 16.6. The first kappa shape index (κ1) is 17.6. The van der Waals surface area contributed by atoms with E-state index < -0.39 is 0 Å². The monoisotopic (exact) mass is 338 g/mol. The standard InChI is InChI=1S/C25H38/c1-3-5-19-7-9-23-17-25(13-11-21(23)15-19)24-12-10-20-14-18(4-2)6-8-22(20)16-24/h11,13,17-20,22,24H,3-10,12,14-16H2,1-2H3. The molecule has 138 valence electrons. The van der Waals surface area contributed by atoms with Gasteiger partial charge in [-0.2, -0.15) is 0 Å². The molecule has 2 saturated carbocycles. The van der Waals surface area contributed by atoms with Gasteiger partial charge in [0, 0.05) is 0 Å². The molecule has 0 spiro atoms. The fraction of sp³-hybridized carbons (Fsp3) is 0.760. The van der Waals surface area contributed by atoms with E-state index in [0.29, 0.717) is 0 Å². The van der Waals surface area contributed by atoms with Crippen LogP contribution in [-0.2, 0) is 12.8 Å². The summed E-state index contributed by atoms with van der Waals surface area (Å²) >= 11 is 0. The Bertz CT molecular complexity index is 571. The summed E-state index contributed by atoms with van der Waals surface area (Å²) in [5.74, 6) is 4.94. The molecule has 3 aliphatic carbocycles. The van der Waals surface area contributed by atoms with Gasteiger partial charge in [-0.3, -0.25) is 0 Å². The predicted molar refractivity (Wildman–Crippen MR) is 108 cm³/mol. The van der Waals surface area contributed by atoms with Crippen molar-refractivity contribution in [1.29, 1.82) is 0 Å². The lowest BCUT2D eigenvalue weighted by atomic mass is 9.63. The third kappa shape index (κ3) is 3.83. The van der Waals surface area contributed by atoms with Crippen LogP contribution in [0.1, 0.15) is 101 Å². The van der Waals surface area contributed by atoms with E-state index in [1.165, 1.54) is 77.0 Å². The van der Waals surface area contributed by atoms with E-state index in [1.54, 1.807) is 16.7 Å². The SMILES string of the molecule is CCCC1CCc2cc(C3CCC4CC(CC)CCC4C3)ccc2C1. The summed E-state index contributed by atoms with van der Waals surface area (Å²) in [4.78, 5) is 0. The van der Waals surface area contributed by atoms with Crippen LogP contribution in [0.3, 0.4) is 0 Å². The van der Waals surface area contributed by atoms with Crippen LogP contribution < -0.4 is 0 Å². The summed E-state index contributed by atoms with van der Waals surface area (Å²) in [7, 11) is 0. The maximum Gasteiger partial charge on any atom is -0.0159 e. The Morgan fingerprint density at radius 1 is 0.840 bits per heavy atom. The minimum absolute atomic E-state index is 0.859. The van der Waals surface area contributed by atoms with E-state index in [9.17, 15) is 0 Å². The highest BCUT2D eigenvalue weighted by Gasteiger charge is 2.35. The van der Waals surface area contributed by atoms with Gasteiger partial charge in [0.15, 0.2) is 0 Å². The Morgan fingerprint density at radius 3 is 2.52 bits per heavy atom. The highest BCUT2D eigenvalue weighted by molar-refractivity contribution is 5.36.